The van der Waals surface area contributed by atoms with Gasteiger partial charge in [-0.2, -0.15) is 0 Å². The van der Waals surface area contributed by atoms with Gasteiger partial charge in [0.2, 0.25) is 5.13 Å². The summed E-state index contributed by atoms with van der Waals surface area (Å²) in [7, 11) is 0. The molecule has 8 nitrogen and oxygen atoms in total. The summed E-state index contributed by atoms with van der Waals surface area (Å²) in [5.41, 5.74) is 1.31. The molecule has 0 bridgehead atoms. The fourth-order valence-electron chi connectivity index (χ4n) is 4.53. The predicted molar refractivity (Wildman–Crippen MR) is 165 cm³/mol. The number of benzene rings is 3. The number of thioether (sulfide) groups is 1. The molecule has 3 heterocycles. The quantitative estimate of drug-likeness (QED) is 0.0723. The molecule has 0 saturated carbocycles. The maximum Gasteiger partial charge on any atom is 0.301 e. The average Bonchev–Trinajstić information content (AvgIpc) is 3.53. The second-order valence-electron chi connectivity index (χ2n) is 9.07. The molecule has 0 radical (unpaired) electrons. The average molecular weight is 681 g/mol. The van der Waals surface area contributed by atoms with Crippen molar-refractivity contribution in [3.63, 3.8) is 0 Å². The summed E-state index contributed by atoms with van der Waals surface area (Å²) in [4.78, 5) is 28.3. The number of aliphatic hydroxyl groups is 1. The molecule has 2 aliphatic rings. The number of ketones is 1. The highest BCUT2D eigenvalue weighted by atomic mass is 35.5. The van der Waals surface area contributed by atoms with Gasteiger partial charge >= 0.3 is 5.91 Å². The van der Waals surface area contributed by atoms with Crippen molar-refractivity contribution in [2.45, 2.75) is 16.1 Å². The maximum atomic E-state index is 13.5. The van der Waals surface area contributed by atoms with Gasteiger partial charge in [-0.25, -0.2) is 0 Å². The third kappa shape index (κ3) is 5.55. The Hall–Kier alpha value is -2.99. The molecule has 0 aliphatic carbocycles. The Morgan fingerprint density at radius 1 is 0.929 bits per heavy atom. The minimum atomic E-state index is -1.11. The normalized spacial score (nSPS) is 17.6. The van der Waals surface area contributed by atoms with Crippen LogP contribution in [0.3, 0.4) is 0 Å². The van der Waals surface area contributed by atoms with Gasteiger partial charge in [-0.1, -0.05) is 81.6 Å². The molecule has 4 aromatic rings. The number of amides is 1. The van der Waals surface area contributed by atoms with Crippen LogP contribution >= 0.6 is 69.5 Å². The lowest BCUT2D eigenvalue weighted by atomic mass is 9.95. The van der Waals surface area contributed by atoms with E-state index in [1.807, 2.05) is 6.07 Å². The second-order valence-corrected chi connectivity index (χ2v) is 12.9. The highest BCUT2D eigenvalue weighted by molar-refractivity contribution is 8.00. The Morgan fingerprint density at radius 2 is 1.64 bits per heavy atom. The Bertz CT molecular complexity index is 1780. The van der Waals surface area contributed by atoms with Gasteiger partial charge in [0, 0.05) is 31.4 Å². The summed E-state index contributed by atoms with van der Waals surface area (Å²) >= 11 is 27.5. The Labute approximate surface area is 267 Å². The van der Waals surface area contributed by atoms with Gasteiger partial charge in [-0.3, -0.25) is 14.5 Å². The number of carbonyl (C=O) groups excluding carboxylic acids is 2. The van der Waals surface area contributed by atoms with E-state index >= 15 is 0 Å². The van der Waals surface area contributed by atoms with Crippen LogP contribution in [-0.4, -0.2) is 40.2 Å². The molecular formula is C28H17Cl4N3O5S2. The molecular weight excluding hydrogens is 664 g/mol. The number of hydrogen-bond donors (Lipinski definition) is 1. The summed E-state index contributed by atoms with van der Waals surface area (Å²) in [6, 6.07) is 13.6. The van der Waals surface area contributed by atoms with Crippen LogP contribution < -0.4 is 14.4 Å². The number of fused-ring (bicyclic) bond motifs is 1. The van der Waals surface area contributed by atoms with Gasteiger partial charge in [0.05, 0.1) is 11.6 Å². The number of ether oxygens (including phenoxy) is 2. The molecule has 42 heavy (non-hydrogen) atoms. The van der Waals surface area contributed by atoms with Crippen molar-refractivity contribution in [3.8, 4) is 11.5 Å². The first-order chi connectivity index (χ1) is 20.2. The lowest BCUT2D eigenvalue weighted by Crippen LogP contribution is -2.29. The van der Waals surface area contributed by atoms with Gasteiger partial charge in [0.15, 0.2) is 15.8 Å². The lowest BCUT2D eigenvalue weighted by Gasteiger charge is -2.24. The smallest absolute Gasteiger partial charge is 0.301 e. The van der Waals surface area contributed by atoms with Gasteiger partial charge < -0.3 is 14.6 Å². The van der Waals surface area contributed by atoms with E-state index in [4.69, 9.17) is 55.9 Å². The molecule has 1 amide bonds. The lowest BCUT2D eigenvalue weighted by molar-refractivity contribution is -0.132. The van der Waals surface area contributed by atoms with Crippen LogP contribution in [0.1, 0.15) is 22.7 Å². The Morgan fingerprint density at radius 3 is 2.38 bits per heavy atom. The van der Waals surface area contributed by atoms with Crippen LogP contribution in [0.2, 0.25) is 20.1 Å². The zero-order valence-electron chi connectivity index (χ0n) is 21.1. The molecule has 2 aliphatic heterocycles. The number of nitrogens with zero attached hydrogens (tertiary/aromatic N) is 3. The van der Waals surface area contributed by atoms with Crippen molar-refractivity contribution >= 4 is 92.1 Å². The fourth-order valence-corrected chi connectivity index (χ4v) is 7.47. The molecule has 1 atom stereocenters. The van der Waals surface area contributed by atoms with Crippen molar-refractivity contribution in [2.75, 3.05) is 18.1 Å². The monoisotopic (exact) mass is 679 g/mol. The minimum Gasteiger partial charge on any atom is -0.507 e. The van der Waals surface area contributed by atoms with Gasteiger partial charge in [0.1, 0.15) is 19.0 Å². The molecule has 0 spiro atoms. The van der Waals surface area contributed by atoms with E-state index in [0.29, 0.717) is 55.4 Å². The van der Waals surface area contributed by atoms with Crippen LogP contribution in [0.4, 0.5) is 5.13 Å². The number of rotatable bonds is 6. The van der Waals surface area contributed by atoms with Crippen LogP contribution in [-0.2, 0) is 15.3 Å². The molecule has 1 saturated heterocycles. The number of aliphatic hydroxyl groups excluding tert-OH is 1. The molecule has 1 N–H and O–H groups in total. The van der Waals surface area contributed by atoms with Crippen molar-refractivity contribution in [1.82, 2.24) is 10.2 Å². The molecule has 1 aromatic heterocycles. The molecule has 3 aromatic carbocycles. The highest BCUT2D eigenvalue weighted by Crippen LogP contribution is 2.47. The summed E-state index contributed by atoms with van der Waals surface area (Å²) in [6.07, 6.45) is 0. The number of anilines is 1. The van der Waals surface area contributed by atoms with Crippen LogP contribution in [0.15, 0.2) is 64.5 Å². The van der Waals surface area contributed by atoms with Crippen LogP contribution in [0, 0.1) is 0 Å². The zero-order valence-corrected chi connectivity index (χ0v) is 25.8. The van der Waals surface area contributed by atoms with E-state index in [0.717, 1.165) is 16.9 Å². The summed E-state index contributed by atoms with van der Waals surface area (Å²) < 4.78 is 11.7. The third-order valence-electron chi connectivity index (χ3n) is 6.49. The summed E-state index contributed by atoms with van der Waals surface area (Å²) in [5, 5.41) is 21.7. The number of carbonyl (C=O) groups is 2. The van der Waals surface area contributed by atoms with E-state index in [9.17, 15) is 14.7 Å². The first-order valence-electron chi connectivity index (χ1n) is 12.3. The second kappa shape index (κ2) is 11.9. The van der Waals surface area contributed by atoms with E-state index in [1.54, 1.807) is 42.5 Å². The number of hydrogen-bond acceptors (Lipinski definition) is 9. The Balaban J connectivity index is 1.40. The number of Topliss-reactive ketones (excluding diaryl/α,β-unsaturated/α-hetero) is 1. The van der Waals surface area contributed by atoms with E-state index in [2.05, 4.69) is 10.2 Å². The van der Waals surface area contributed by atoms with Gasteiger partial charge in [0.25, 0.3) is 5.78 Å². The highest BCUT2D eigenvalue weighted by Gasteiger charge is 2.49. The number of halogens is 4. The van der Waals surface area contributed by atoms with Crippen molar-refractivity contribution in [1.29, 1.82) is 0 Å². The fraction of sp³-hybridized carbons (Fsp3) is 0.143. The number of aromatic nitrogens is 2. The third-order valence-corrected chi connectivity index (χ3v) is 9.74. The standard InChI is InChI=1S/C28H17Cl4N3O5S2/c29-15-3-1-14(18(31)10-15)12-41-28-34-33-27(42-28)35-23(17-5-4-16(30)11-19(17)32)22(25(37)26(35)38)24(36)13-2-6-20-21(9-13)40-8-7-39-20/h1-6,9-11,23,36H,7-8,12H2/b24-22+. The van der Waals surface area contributed by atoms with Crippen LogP contribution in [0.25, 0.3) is 5.76 Å². The van der Waals surface area contributed by atoms with Gasteiger partial charge in [-0.15, -0.1) is 10.2 Å². The van der Waals surface area contributed by atoms with Crippen molar-refractivity contribution < 1.29 is 24.2 Å². The maximum absolute atomic E-state index is 13.5. The van der Waals surface area contributed by atoms with E-state index < -0.39 is 23.5 Å². The van der Waals surface area contributed by atoms with Crippen molar-refractivity contribution in [2.24, 2.45) is 0 Å². The van der Waals surface area contributed by atoms with Crippen molar-refractivity contribution in [3.05, 3.63) is 97.0 Å². The first kappa shape index (κ1) is 29.1. The molecule has 6 rings (SSSR count). The zero-order chi connectivity index (χ0) is 29.5. The predicted octanol–water partition coefficient (Wildman–Crippen LogP) is 7.84. The van der Waals surface area contributed by atoms with E-state index in [1.165, 1.54) is 22.7 Å². The Kier molecular flexibility index (Phi) is 8.28. The minimum absolute atomic E-state index is 0.152. The van der Waals surface area contributed by atoms with Crippen LogP contribution in [0.5, 0.6) is 11.5 Å². The molecule has 1 unspecified atom stereocenters. The van der Waals surface area contributed by atoms with E-state index in [-0.39, 0.29) is 21.3 Å². The van der Waals surface area contributed by atoms with Gasteiger partial charge in [-0.05, 0) is 53.6 Å². The molecule has 14 heteroatoms. The molecule has 1 fully saturated rings. The summed E-state index contributed by atoms with van der Waals surface area (Å²) in [6.45, 7) is 0.733. The topological polar surface area (TPSA) is 102 Å². The summed E-state index contributed by atoms with van der Waals surface area (Å²) in [5.74, 6) is -0.809. The molecule has 214 valence electrons. The SMILES string of the molecule is O=C1C(=O)N(c2nnc(SCc3ccc(Cl)cc3Cl)s2)C(c2ccc(Cl)cc2Cl)/C1=C(\O)c1ccc2c(c1)OCCO2. The first-order valence-corrected chi connectivity index (χ1v) is 15.6. The largest absolute Gasteiger partial charge is 0.507 e.